The molecule has 2 atom stereocenters. The van der Waals surface area contributed by atoms with Gasteiger partial charge in [0, 0.05) is 19.1 Å². The van der Waals surface area contributed by atoms with E-state index in [-0.39, 0.29) is 9.92 Å². The molecule has 0 aromatic carbocycles. The lowest BCUT2D eigenvalue weighted by molar-refractivity contribution is -0.380. The topological polar surface area (TPSA) is 71.3 Å². The van der Waals surface area contributed by atoms with Gasteiger partial charge >= 0.3 is 5.00 Å². The molecule has 2 aliphatic heterocycles. The third kappa shape index (κ3) is 2.00. The van der Waals surface area contributed by atoms with Gasteiger partial charge in [-0.25, -0.2) is 4.98 Å². The van der Waals surface area contributed by atoms with Gasteiger partial charge in [-0.1, -0.05) is 0 Å². The van der Waals surface area contributed by atoms with Crippen LogP contribution in [0.2, 0.25) is 0 Å². The largest absolute Gasteiger partial charge is 0.346 e. The number of rotatable bonds is 2. The van der Waals surface area contributed by atoms with Crippen LogP contribution in [0.25, 0.3) is 0 Å². The molecule has 1 aromatic rings. The lowest BCUT2D eigenvalue weighted by Gasteiger charge is -2.24. The molecule has 0 spiro atoms. The Morgan fingerprint density at radius 1 is 1.59 bits per heavy atom. The average molecular weight is 254 g/mol. The fourth-order valence-corrected chi connectivity index (χ4v) is 3.44. The van der Waals surface area contributed by atoms with Gasteiger partial charge in [-0.3, -0.25) is 10.1 Å². The number of hydrogen-bond donors (Lipinski definition) is 1. The lowest BCUT2D eigenvalue weighted by atomic mass is 9.94. The summed E-state index contributed by atoms with van der Waals surface area (Å²) in [6.45, 7) is 2.99. The highest BCUT2D eigenvalue weighted by Gasteiger charge is 2.35. The van der Waals surface area contributed by atoms with E-state index in [0.717, 1.165) is 24.8 Å². The molecule has 0 bridgehead atoms. The van der Waals surface area contributed by atoms with Crippen molar-refractivity contribution in [2.24, 2.45) is 5.92 Å². The van der Waals surface area contributed by atoms with Gasteiger partial charge in [0.15, 0.2) is 5.13 Å². The zero-order valence-corrected chi connectivity index (χ0v) is 10.2. The summed E-state index contributed by atoms with van der Waals surface area (Å²) in [5, 5.41) is 15.0. The predicted octanol–water partition coefficient (Wildman–Crippen LogP) is 1.24. The Morgan fingerprint density at radius 3 is 3.18 bits per heavy atom. The van der Waals surface area contributed by atoms with Crippen molar-refractivity contribution in [2.45, 2.75) is 18.9 Å². The van der Waals surface area contributed by atoms with E-state index in [1.54, 1.807) is 0 Å². The van der Waals surface area contributed by atoms with Crippen LogP contribution in [-0.2, 0) is 0 Å². The molecule has 2 unspecified atom stereocenters. The molecule has 17 heavy (non-hydrogen) atoms. The van der Waals surface area contributed by atoms with E-state index >= 15 is 0 Å². The highest BCUT2D eigenvalue weighted by Crippen LogP contribution is 2.33. The van der Waals surface area contributed by atoms with Crippen molar-refractivity contribution in [2.75, 3.05) is 24.5 Å². The van der Waals surface area contributed by atoms with Crippen LogP contribution in [0, 0.1) is 16.0 Å². The van der Waals surface area contributed by atoms with Crippen molar-refractivity contribution >= 4 is 21.5 Å². The van der Waals surface area contributed by atoms with E-state index in [9.17, 15) is 10.1 Å². The fraction of sp³-hybridized carbons (Fsp3) is 0.700. The first kappa shape index (κ1) is 10.9. The van der Waals surface area contributed by atoms with Gasteiger partial charge < -0.3 is 10.2 Å². The minimum atomic E-state index is -0.372. The second-order valence-electron chi connectivity index (χ2n) is 4.61. The Labute approximate surface area is 103 Å². The Morgan fingerprint density at radius 2 is 2.47 bits per heavy atom. The van der Waals surface area contributed by atoms with Crippen molar-refractivity contribution in [3.63, 3.8) is 0 Å². The van der Waals surface area contributed by atoms with Gasteiger partial charge in [0.05, 0.1) is 4.92 Å². The Kier molecular flexibility index (Phi) is 2.71. The summed E-state index contributed by atoms with van der Waals surface area (Å²) in [5.41, 5.74) is 0. The first-order valence-electron chi connectivity index (χ1n) is 5.82. The third-order valence-electron chi connectivity index (χ3n) is 3.53. The number of nitrogens with zero attached hydrogens (tertiary/aromatic N) is 3. The van der Waals surface area contributed by atoms with Crippen LogP contribution in [-0.4, -0.2) is 35.6 Å². The molecule has 2 saturated heterocycles. The second kappa shape index (κ2) is 4.23. The highest BCUT2D eigenvalue weighted by molar-refractivity contribution is 7.18. The van der Waals surface area contributed by atoms with Gasteiger partial charge in [0.2, 0.25) is 0 Å². The molecule has 1 N–H and O–H groups in total. The number of aromatic nitrogens is 1. The van der Waals surface area contributed by atoms with Crippen LogP contribution in [0.3, 0.4) is 0 Å². The maximum atomic E-state index is 10.6. The molecule has 0 radical (unpaired) electrons. The smallest absolute Gasteiger partial charge is 0.345 e. The molecule has 0 aliphatic carbocycles. The molecule has 1 aromatic heterocycles. The quantitative estimate of drug-likeness (QED) is 0.635. The maximum absolute atomic E-state index is 10.6. The first-order valence-corrected chi connectivity index (χ1v) is 6.64. The molecule has 6 nitrogen and oxygen atoms in total. The van der Waals surface area contributed by atoms with Gasteiger partial charge in [-0.15, -0.1) is 0 Å². The van der Waals surface area contributed by atoms with Gasteiger partial charge in [0.1, 0.15) is 6.20 Å². The van der Waals surface area contributed by atoms with Crippen LogP contribution in [0.1, 0.15) is 12.8 Å². The van der Waals surface area contributed by atoms with Crippen molar-refractivity contribution in [3.05, 3.63) is 16.3 Å². The summed E-state index contributed by atoms with van der Waals surface area (Å²) < 4.78 is 0. The third-order valence-corrected chi connectivity index (χ3v) is 4.54. The molecule has 0 saturated carbocycles. The summed E-state index contributed by atoms with van der Waals surface area (Å²) in [4.78, 5) is 16.6. The minimum Gasteiger partial charge on any atom is -0.346 e. The molecule has 7 heteroatoms. The van der Waals surface area contributed by atoms with Crippen LogP contribution >= 0.6 is 11.3 Å². The summed E-state index contributed by atoms with van der Waals surface area (Å²) in [6.07, 6.45) is 3.84. The van der Waals surface area contributed by atoms with E-state index in [4.69, 9.17) is 0 Å². The SMILES string of the molecule is O=[N+]([O-])c1cnc(N2CC3CCCNC3C2)s1. The van der Waals surface area contributed by atoms with E-state index < -0.39 is 0 Å². The van der Waals surface area contributed by atoms with Crippen LogP contribution in [0.5, 0.6) is 0 Å². The molecule has 2 aliphatic rings. The zero-order valence-electron chi connectivity index (χ0n) is 9.33. The van der Waals surface area contributed by atoms with E-state index in [1.165, 1.54) is 30.4 Å². The molecule has 0 amide bonds. The molecule has 2 fully saturated rings. The molecule has 3 heterocycles. The Hall–Kier alpha value is -1.21. The first-order chi connectivity index (χ1) is 8.24. The summed E-state index contributed by atoms with van der Waals surface area (Å²) in [5.74, 6) is 0.673. The molecule has 3 rings (SSSR count). The van der Waals surface area contributed by atoms with Gasteiger partial charge in [-0.05, 0) is 36.6 Å². The highest BCUT2D eigenvalue weighted by atomic mass is 32.1. The van der Waals surface area contributed by atoms with Crippen molar-refractivity contribution in [1.82, 2.24) is 10.3 Å². The molecular formula is C10H14N4O2S. The normalized spacial score (nSPS) is 28.1. The van der Waals surface area contributed by atoms with Crippen LogP contribution < -0.4 is 10.2 Å². The number of nitro groups is 1. The summed E-state index contributed by atoms with van der Waals surface area (Å²) >= 11 is 1.17. The molecular weight excluding hydrogens is 240 g/mol. The monoisotopic (exact) mass is 254 g/mol. The van der Waals surface area contributed by atoms with Gasteiger partial charge in [0.25, 0.3) is 0 Å². The zero-order chi connectivity index (χ0) is 11.8. The van der Waals surface area contributed by atoms with E-state index in [2.05, 4.69) is 15.2 Å². The number of fused-ring (bicyclic) bond motifs is 1. The second-order valence-corrected chi connectivity index (χ2v) is 5.59. The number of hydrogen-bond acceptors (Lipinski definition) is 6. The minimum absolute atomic E-state index is 0.128. The number of nitrogens with one attached hydrogen (secondary N) is 1. The fourth-order valence-electron chi connectivity index (χ4n) is 2.69. The van der Waals surface area contributed by atoms with Crippen molar-refractivity contribution < 1.29 is 4.92 Å². The standard InChI is InChI=1S/C10H14N4O2S/c15-14(16)9-4-12-10(17-9)13-5-7-2-1-3-11-8(7)6-13/h4,7-8,11H,1-3,5-6H2. The Bertz CT molecular complexity index is 422. The number of thiazole rings is 1. The number of piperidine rings is 1. The maximum Gasteiger partial charge on any atom is 0.345 e. The average Bonchev–Trinajstić information content (AvgIpc) is 2.95. The lowest BCUT2D eigenvalue weighted by Crippen LogP contribution is -2.40. The Balaban J connectivity index is 1.74. The van der Waals surface area contributed by atoms with Crippen molar-refractivity contribution in [3.8, 4) is 0 Å². The summed E-state index contributed by atoms with van der Waals surface area (Å²) in [6, 6.07) is 0.534. The molecule has 92 valence electrons. The predicted molar refractivity (Wildman–Crippen MR) is 65.5 cm³/mol. The van der Waals surface area contributed by atoms with Crippen LogP contribution in [0.15, 0.2) is 6.20 Å². The van der Waals surface area contributed by atoms with Crippen LogP contribution in [0.4, 0.5) is 10.1 Å². The number of anilines is 1. The summed E-state index contributed by atoms with van der Waals surface area (Å²) in [7, 11) is 0. The van der Waals surface area contributed by atoms with E-state index in [0.29, 0.717) is 12.0 Å². The van der Waals surface area contributed by atoms with Crippen molar-refractivity contribution in [1.29, 1.82) is 0 Å². The van der Waals surface area contributed by atoms with Gasteiger partial charge in [-0.2, -0.15) is 0 Å². The van der Waals surface area contributed by atoms with E-state index in [1.807, 2.05) is 0 Å².